The molecule has 0 spiro atoms. The van der Waals surface area contributed by atoms with E-state index in [1.165, 1.54) is 11.1 Å². The third kappa shape index (κ3) is 2.54. The van der Waals surface area contributed by atoms with Gasteiger partial charge in [0.1, 0.15) is 17.9 Å². The lowest BCUT2D eigenvalue weighted by Gasteiger charge is -2.26. The van der Waals surface area contributed by atoms with Gasteiger partial charge in [-0.3, -0.25) is 0 Å². The van der Waals surface area contributed by atoms with E-state index in [2.05, 4.69) is 22.4 Å². The molecule has 1 aliphatic rings. The average Bonchev–Trinajstić information content (AvgIpc) is 2.92. The lowest BCUT2D eigenvalue weighted by molar-refractivity contribution is 0.440. The van der Waals surface area contributed by atoms with Crippen LogP contribution in [0.5, 0.6) is 5.75 Å². The van der Waals surface area contributed by atoms with E-state index < -0.39 is 0 Å². The zero-order valence-electron chi connectivity index (χ0n) is 11.7. The summed E-state index contributed by atoms with van der Waals surface area (Å²) in [6.45, 7) is 3.70. The van der Waals surface area contributed by atoms with Gasteiger partial charge in [0.2, 0.25) is 0 Å². The molecule has 1 unspecified atom stereocenters. The number of nitrogens with zero attached hydrogens (tertiary/aromatic N) is 3. The third-order valence-corrected chi connectivity index (χ3v) is 3.98. The standard InChI is InChI=1S/C15H20N4O/c1-2-19-10-17-18-15(19)9-16-14-5-3-4-11-8-12(20)6-7-13(11)14/h6-8,10,14,16,20H,2-5,9H2,1H3. The first-order chi connectivity index (χ1) is 9.78. The zero-order valence-corrected chi connectivity index (χ0v) is 11.7. The molecule has 1 aromatic carbocycles. The maximum atomic E-state index is 9.58. The van der Waals surface area contributed by atoms with Crippen LogP contribution in [0.4, 0.5) is 0 Å². The Morgan fingerprint density at radius 1 is 1.45 bits per heavy atom. The largest absolute Gasteiger partial charge is 0.508 e. The van der Waals surface area contributed by atoms with Crippen molar-refractivity contribution in [3.8, 4) is 5.75 Å². The predicted molar refractivity (Wildman–Crippen MR) is 76.3 cm³/mol. The van der Waals surface area contributed by atoms with Crippen LogP contribution < -0.4 is 5.32 Å². The van der Waals surface area contributed by atoms with Gasteiger partial charge in [0, 0.05) is 12.6 Å². The van der Waals surface area contributed by atoms with Crippen LogP contribution in [0.3, 0.4) is 0 Å². The number of phenolic OH excluding ortho intramolecular Hbond substituents is 1. The van der Waals surface area contributed by atoms with Crippen molar-refractivity contribution in [2.45, 2.75) is 45.3 Å². The molecular weight excluding hydrogens is 252 g/mol. The number of hydrogen-bond donors (Lipinski definition) is 2. The van der Waals surface area contributed by atoms with Crippen molar-refractivity contribution in [3.63, 3.8) is 0 Å². The van der Waals surface area contributed by atoms with Gasteiger partial charge in [-0.15, -0.1) is 10.2 Å². The van der Waals surface area contributed by atoms with Gasteiger partial charge in [-0.25, -0.2) is 0 Å². The van der Waals surface area contributed by atoms with Crippen molar-refractivity contribution < 1.29 is 5.11 Å². The van der Waals surface area contributed by atoms with Crippen LogP contribution in [0.2, 0.25) is 0 Å². The summed E-state index contributed by atoms with van der Waals surface area (Å²) in [5, 5.41) is 21.3. The van der Waals surface area contributed by atoms with E-state index in [4.69, 9.17) is 0 Å². The van der Waals surface area contributed by atoms with Gasteiger partial charge >= 0.3 is 0 Å². The smallest absolute Gasteiger partial charge is 0.146 e. The number of nitrogens with one attached hydrogen (secondary N) is 1. The van der Waals surface area contributed by atoms with E-state index >= 15 is 0 Å². The number of aromatic nitrogens is 3. The quantitative estimate of drug-likeness (QED) is 0.895. The summed E-state index contributed by atoms with van der Waals surface area (Å²) in [6, 6.07) is 6.03. The highest BCUT2D eigenvalue weighted by molar-refractivity contribution is 5.38. The van der Waals surface area contributed by atoms with Gasteiger partial charge < -0.3 is 15.0 Å². The summed E-state index contributed by atoms with van der Waals surface area (Å²) in [6.07, 6.45) is 5.09. The number of aryl methyl sites for hydroxylation is 2. The Hall–Kier alpha value is -1.88. The monoisotopic (exact) mass is 272 g/mol. The minimum atomic E-state index is 0.335. The van der Waals surface area contributed by atoms with Crippen molar-refractivity contribution in [2.24, 2.45) is 0 Å². The molecule has 0 aliphatic heterocycles. The molecule has 0 bridgehead atoms. The molecule has 1 aromatic heterocycles. The van der Waals surface area contributed by atoms with E-state index in [1.807, 2.05) is 16.7 Å². The molecule has 2 N–H and O–H groups in total. The molecule has 0 saturated heterocycles. The van der Waals surface area contributed by atoms with Gasteiger partial charge in [0.05, 0.1) is 6.54 Å². The molecular formula is C15H20N4O. The Morgan fingerprint density at radius 3 is 3.20 bits per heavy atom. The fraction of sp³-hybridized carbons (Fsp3) is 0.467. The molecule has 2 aromatic rings. The second-order valence-corrected chi connectivity index (χ2v) is 5.24. The van der Waals surface area contributed by atoms with Crippen LogP contribution in [-0.2, 0) is 19.5 Å². The fourth-order valence-electron chi connectivity index (χ4n) is 2.91. The Balaban J connectivity index is 1.73. The van der Waals surface area contributed by atoms with Crippen molar-refractivity contribution in [3.05, 3.63) is 41.5 Å². The summed E-state index contributed by atoms with van der Waals surface area (Å²) in [5.74, 6) is 1.33. The topological polar surface area (TPSA) is 63.0 Å². The normalized spacial score (nSPS) is 17.9. The Labute approximate surface area is 118 Å². The minimum Gasteiger partial charge on any atom is -0.508 e. The lowest BCUT2D eigenvalue weighted by Crippen LogP contribution is -2.26. The maximum absolute atomic E-state index is 9.58. The number of benzene rings is 1. The number of rotatable bonds is 4. The second kappa shape index (κ2) is 5.63. The van der Waals surface area contributed by atoms with Gasteiger partial charge in [-0.05, 0) is 49.4 Å². The molecule has 0 saturated carbocycles. The number of fused-ring (bicyclic) bond motifs is 1. The zero-order chi connectivity index (χ0) is 13.9. The molecule has 106 valence electrons. The molecule has 20 heavy (non-hydrogen) atoms. The van der Waals surface area contributed by atoms with Crippen LogP contribution in [-0.4, -0.2) is 19.9 Å². The minimum absolute atomic E-state index is 0.335. The van der Waals surface area contributed by atoms with Crippen molar-refractivity contribution in [1.82, 2.24) is 20.1 Å². The molecule has 0 radical (unpaired) electrons. The summed E-state index contributed by atoms with van der Waals surface area (Å²) < 4.78 is 2.05. The Morgan fingerprint density at radius 2 is 2.35 bits per heavy atom. The Bertz CT molecular complexity index is 593. The van der Waals surface area contributed by atoms with Crippen LogP contribution in [0, 0.1) is 0 Å². The SMILES string of the molecule is CCn1cnnc1CNC1CCCc2cc(O)ccc21. The maximum Gasteiger partial charge on any atom is 0.146 e. The van der Waals surface area contributed by atoms with Gasteiger partial charge in [-0.1, -0.05) is 6.07 Å². The van der Waals surface area contributed by atoms with Gasteiger partial charge in [-0.2, -0.15) is 0 Å². The number of aromatic hydroxyl groups is 1. The van der Waals surface area contributed by atoms with Crippen molar-refractivity contribution >= 4 is 0 Å². The molecule has 1 heterocycles. The molecule has 1 aliphatic carbocycles. The van der Waals surface area contributed by atoms with Gasteiger partial charge in [0.25, 0.3) is 0 Å². The highest BCUT2D eigenvalue weighted by atomic mass is 16.3. The first kappa shape index (κ1) is 13.1. The van der Waals surface area contributed by atoms with E-state index in [-0.39, 0.29) is 0 Å². The summed E-state index contributed by atoms with van der Waals surface area (Å²) in [4.78, 5) is 0. The molecule has 5 heteroatoms. The number of phenols is 1. The van der Waals surface area contributed by atoms with Crippen LogP contribution in [0.1, 0.15) is 42.8 Å². The molecule has 3 rings (SSSR count). The predicted octanol–water partition coefficient (Wildman–Crippen LogP) is 2.17. The molecule has 5 nitrogen and oxygen atoms in total. The van der Waals surface area contributed by atoms with Crippen molar-refractivity contribution in [2.75, 3.05) is 0 Å². The lowest BCUT2D eigenvalue weighted by atomic mass is 9.87. The van der Waals surface area contributed by atoms with Crippen LogP contribution in [0.25, 0.3) is 0 Å². The van der Waals surface area contributed by atoms with Crippen molar-refractivity contribution in [1.29, 1.82) is 0 Å². The van der Waals surface area contributed by atoms with Gasteiger partial charge in [0.15, 0.2) is 0 Å². The molecule has 0 amide bonds. The van der Waals surface area contributed by atoms with Crippen LogP contribution in [0.15, 0.2) is 24.5 Å². The first-order valence-electron chi connectivity index (χ1n) is 7.19. The average molecular weight is 272 g/mol. The first-order valence-corrected chi connectivity index (χ1v) is 7.19. The molecule has 1 atom stereocenters. The number of hydrogen-bond acceptors (Lipinski definition) is 4. The summed E-state index contributed by atoms with van der Waals surface area (Å²) in [7, 11) is 0. The molecule has 0 fully saturated rings. The van der Waals surface area contributed by atoms with Crippen LogP contribution >= 0.6 is 0 Å². The van der Waals surface area contributed by atoms with E-state index in [0.29, 0.717) is 11.8 Å². The fourth-order valence-corrected chi connectivity index (χ4v) is 2.91. The Kier molecular flexibility index (Phi) is 3.69. The third-order valence-electron chi connectivity index (χ3n) is 3.98. The highest BCUT2D eigenvalue weighted by Gasteiger charge is 2.20. The summed E-state index contributed by atoms with van der Waals surface area (Å²) in [5.41, 5.74) is 2.56. The van der Waals surface area contributed by atoms with E-state index in [0.717, 1.165) is 38.2 Å². The summed E-state index contributed by atoms with van der Waals surface area (Å²) >= 11 is 0. The van der Waals surface area contributed by atoms with E-state index in [1.54, 1.807) is 12.4 Å². The van der Waals surface area contributed by atoms with E-state index in [9.17, 15) is 5.11 Å². The second-order valence-electron chi connectivity index (χ2n) is 5.24. The highest BCUT2D eigenvalue weighted by Crippen LogP contribution is 2.31.